The number of hydrazine groups is 1. The van der Waals surface area contributed by atoms with Crippen molar-refractivity contribution < 1.29 is 4.79 Å². The van der Waals surface area contributed by atoms with E-state index >= 15 is 0 Å². The Kier molecular flexibility index (Phi) is 4.57. The zero-order chi connectivity index (χ0) is 14.7. The number of likely N-dealkylation sites (tertiary alicyclic amines) is 1. The van der Waals surface area contributed by atoms with Gasteiger partial charge in [-0.15, -0.1) is 0 Å². The van der Waals surface area contributed by atoms with Crippen molar-refractivity contribution in [1.82, 2.24) is 14.8 Å². The second-order valence-electron chi connectivity index (χ2n) is 5.58. The lowest BCUT2D eigenvalue weighted by Crippen LogP contribution is -2.41. The number of nitrogen functional groups attached to an aromatic ring is 1. The van der Waals surface area contributed by atoms with Crippen LogP contribution in [0.5, 0.6) is 0 Å². The molecule has 1 aliphatic heterocycles. The summed E-state index contributed by atoms with van der Waals surface area (Å²) < 4.78 is 0. The standard InChI is InChI=1S/C14H23N5O/c1-10-7-11(8-13(16-10)17-15)14(20)19-6-4-5-12(19)9-18(2)3/h7-8,12H,4-6,9,15H2,1-3H3,(H,16,17). The van der Waals surface area contributed by atoms with E-state index in [0.717, 1.165) is 31.6 Å². The molecule has 1 fully saturated rings. The van der Waals surface area contributed by atoms with Crippen molar-refractivity contribution in [3.8, 4) is 0 Å². The molecule has 0 aromatic carbocycles. The summed E-state index contributed by atoms with van der Waals surface area (Å²) in [5, 5.41) is 0. The molecule has 1 aromatic heterocycles. The van der Waals surface area contributed by atoms with Gasteiger partial charge in [-0.1, -0.05) is 0 Å². The Morgan fingerprint density at radius 3 is 2.95 bits per heavy atom. The quantitative estimate of drug-likeness (QED) is 0.630. The Bertz CT molecular complexity index is 488. The van der Waals surface area contributed by atoms with Gasteiger partial charge in [-0.2, -0.15) is 0 Å². The zero-order valence-corrected chi connectivity index (χ0v) is 12.4. The zero-order valence-electron chi connectivity index (χ0n) is 12.4. The van der Waals surface area contributed by atoms with Crippen LogP contribution in [0.2, 0.25) is 0 Å². The Labute approximate surface area is 119 Å². The number of carbonyl (C=O) groups excluding carboxylic acids is 1. The molecule has 1 aliphatic rings. The summed E-state index contributed by atoms with van der Waals surface area (Å²) in [6.45, 7) is 3.58. The van der Waals surface area contributed by atoms with Gasteiger partial charge in [-0.3, -0.25) is 4.79 Å². The molecule has 0 saturated carbocycles. The number of amides is 1. The summed E-state index contributed by atoms with van der Waals surface area (Å²) in [5.41, 5.74) is 3.94. The fourth-order valence-corrected chi connectivity index (χ4v) is 2.75. The molecule has 20 heavy (non-hydrogen) atoms. The number of hydrogen-bond acceptors (Lipinski definition) is 5. The van der Waals surface area contributed by atoms with Crippen LogP contribution in [0.3, 0.4) is 0 Å². The molecule has 0 radical (unpaired) electrons. The molecule has 1 saturated heterocycles. The largest absolute Gasteiger partial charge is 0.334 e. The molecule has 1 atom stereocenters. The minimum Gasteiger partial charge on any atom is -0.334 e. The molecule has 6 heteroatoms. The third-order valence-electron chi connectivity index (χ3n) is 3.56. The number of likely N-dealkylation sites (N-methyl/N-ethyl adjacent to an activating group) is 1. The molecule has 1 amide bonds. The number of nitrogens with zero attached hydrogens (tertiary/aromatic N) is 3. The van der Waals surface area contributed by atoms with Gasteiger partial charge in [0.1, 0.15) is 5.82 Å². The van der Waals surface area contributed by atoms with E-state index < -0.39 is 0 Å². The van der Waals surface area contributed by atoms with E-state index in [1.165, 1.54) is 0 Å². The van der Waals surface area contributed by atoms with Crippen molar-refractivity contribution in [3.05, 3.63) is 23.4 Å². The average Bonchev–Trinajstić information content (AvgIpc) is 2.84. The number of aryl methyl sites for hydroxylation is 1. The fraction of sp³-hybridized carbons (Fsp3) is 0.571. The minimum absolute atomic E-state index is 0.0661. The van der Waals surface area contributed by atoms with Crippen LogP contribution < -0.4 is 11.3 Å². The summed E-state index contributed by atoms with van der Waals surface area (Å²) >= 11 is 0. The highest BCUT2D eigenvalue weighted by Gasteiger charge is 2.29. The predicted molar refractivity (Wildman–Crippen MR) is 79.4 cm³/mol. The Morgan fingerprint density at radius 1 is 1.55 bits per heavy atom. The highest BCUT2D eigenvalue weighted by molar-refractivity contribution is 5.95. The van der Waals surface area contributed by atoms with Gasteiger partial charge in [0.25, 0.3) is 5.91 Å². The first-order valence-electron chi connectivity index (χ1n) is 6.92. The lowest BCUT2D eigenvalue weighted by Gasteiger charge is -2.27. The van der Waals surface area contributed by atoms with Gasteiger partial charge in [-0.05, 0) is 46.0 Å². The van der Waals surface area contributed by atoms with Crippen LogP contribution in [0, 0.1) is 6.92 Å². The van der Waals surface area contributed by atoms with E-state index in [4.69, 9.17) is 5.84 Å². The first-order chi connectivity index (χ1) is 9.51. The lowest BCUT2D eigenvalue weighted by atomic mass is 10.1. The van der Waals surface area contributed by atoms with Gasteiger partial charge in [-0.25, -0.2) is 10.8 Å². The number of rotatable bonds is 4. The van der Waals surface area contributed by atoms with Gasteiger partial charge in [0.05, 0.1) is 0 Å². The Hall–Kier alpha value is -1.66. The summed E-state index contributed by atoms with van der Waals surface area (Å²) in [5.74, 6) is 5.98. The molecule has 0 aliphatic carbocycles. The van der Waals surface area contributed by atoms with Gasteiger partial charge in [0.15, 0.2) is 0 Å². The van der Waals surface area contributed by atoms with E-state index in [0.29, 0.717) is 17.4 Å². The van der Waals surface area contributed by atoms with E-state index in [9.17, 15) is 4.79 Å². The molecule has 1 aromatic rings. The van der Waals surface area contributed by atoms with Gasteiger partial charge >= 0.3 is 0 Å². The monoisotopic (exact) mass is 277 g/mol. The van der Waals surface area contributed by atoms with Gasteiger partial charge in [0, 0.05) is 30.4 Å². The third kappa shape index (κ3) is 3.26. The number of nitrogens with one attached hydrogen (secondary N) is 1. The van der Waals surface area contributed by atoms with Gasteiger partial charge in [0.2, 0.25) is 0 Å². The van der Waals surface area contributed by atoms with Crippen LogP contribution in [0.25, 0.3) is 0 Å². The highest BCUT2D eigenvalue weighted by Crippen LogP contribution is 2.21. The molecule has 1 unspecified atom stereocenters. The topological polar surface area (TPSA) is 74.5 Å². The fourth-order valence-electron chi connectivity index (χ4n) is 2.75. The van der Waals surface area contributed by atoms with E-state index in [2.05, 4.69) is 15.3 Å². The van der Waals surface area contributed by atoms with Crippen LogP contribution in [0.4, 0.5) is 5.82 Å². The van der Waals surface area contributed by atoms with E-state index in [-0.39, 0.29) is 5.91 Å². The number of hydrogen-bond donors (Lipinski definition) is 2. The second-order valence-corrected chi connectivity index (χ2v) is 5.58. The van der Waals surface area contributed by atoms with Crippen molar-refractivity contribution in [2.75, 3.05) is 32.6 Å². The van der Waals surface area contributed by atoms with Crippen LogP contribution in [-0.2, 0) is 0 Å². The van der Waals surface area contributed by atoms with Crippen molar-refractivity contribution in [1.29, 1.82) is 0 Å². The number of nitrogens with two attached hydrogens (primary N) is 1. The highest BCUT2D eigenvalue weighted by atomic mass is 16.2. The molecule has 2 heterocycles. The second kappa shape index (κ2) is 6.19. The van der Waals surface area contributed by atoms with Crippen molar-refractivity contribution in [2.45, 2.75) is 25.8 Å². The van der Waals surface area contributed by atoms with Gasteiger partial charge < -0.3 is 15.2 Å². The number of carbonyl (C=O) groups is 1. The summed E-state index contributed by atoms with van der Waals surface area (Å²) in [7, 11) is 4.07. The maximum Gasteiger partial charge on any atom is 0.254 e. The van der Waals surface area contributed by atoms with Crippen molar-refractivity contribution >= 4 is 11.7 Å². The summed E-state index contributed by atoms with van der Waals surface area (Å²) in [6, 6.07) is 3.81. The lowest BCUT2D eigenvalue weighted by molar-refractivity contribution is 0.0716. The van der Waals surface area contributed by atoms with E-state index in [1.54, 1.807) is 6.07 Å². The average molecular weight is 277 g/mol. The van der Waals surface area contributed by atoms with Crippen molar-refractivity contribution in [2.24, 2.45) is 5.84 Å². The van der Waals surface area contributed by atoms with Crippen LogP contribution in [-0.4, -0.2) is 53.9 Å². The van der Waals surface area contributed by atoms with Crippen molar-refractivity contribution in [3.63, 3.8) is 0 Å². The molecular weight excluding hydrogens is 254 g/mol. The van der Waals surface area contributed by atoms with Crippen LogP contribution >= 0.6 is 0 Å². The maximum atomic E-state index is 12.7. The first kappa shape index (κ1) is 14.7. The summed E-state index contributed by atoms with van der Waals surface area (Å²) in [4.78, 5) is 21.0. The molecular formula is C14H23N5O. The van der Waals surface area contributed by atoms with Crippen LogP contribution in [0.15, 0.2) is 12.1 Å². The number of pyridine rings is 1. The predicted octanol–water partition coefficient (Wildman–Crippen LogP) is 0.842. The Balaban J connectivity index is 2.19. The molecule has 0 bridgehead atoms. The smallest absolute Gasteiger partial charge is 0.254 e. The number of anilines is 1. The normalized spacial score (nSPS) is 18.6. The molecule has 2 rings (SSSR count). The first-order valence-corrected chi connectivity index (χ1v) is 6.92. The minimum atomic E-state index is 0.0661. The maximum absolute atomic E-state index is 12.7. The number of aromatic nitrogens is 1. The SMILES string of the molecule is Cc1cc(C(=O)N2CCCC2CN(C)C)cc(NN)n1. The molecule has 3 N–H and O–H groups in total. The third-order valence-corrected chi connectivity index (χ3v) is 3.56. The van der Waals surface area contributed by atoms with Crippen LogP contribution in [0.1, 0.15) is 28.9 Å². The summed E-state index contributed by atoms with van der Waals surface area (Å²) in [6.07, 6.45) is 2.13. The van der Waals surface area contributed by atoms with E-state index in [1.807, 2.05) is 32.0 Å². The Morgan fingerprint density at radius 2 is 2.30 bits per heavy atom. The molecule has 0 spiro atoms. The molecule has 110 valence electrons. The molecule has 6 nitrogen and oxygen atoms in total.